The van der Waals surface area contributed by atoms with E-state index in [0.717, 1.165) is 35.7 Å². The van der Waals surface area contributed by atoms with Crippen molar-refractivity contribution in [1.82, 2.24) is 9.88 Å². The lowest BCUT2D eigenvalue weighted by atomic mass is 9.85. The highest BCUT2D eigenvalue weighted by Gasteiger charge is 2.38. The van der Waals surface area contributed by atoms with Gasteiger partial charge in [0, 0.05) is 42.9 Å². The van der Waals surface area contributed by atoms with Gasteiger partial charge in [0.05, 0.1) is 44.0 Å². The van der Waals surface area contributed by atoms with Crippen LogP contribution in [0, 0.1) is 12.8 Å². The van der Waals surface area contributed by atoms with E-state index in [1.807, 2.05) is 18.2 Å². The highest BCUT2D eigenvalue weighted by atomic mass is 16.5. The third-order valence-electron chi connectivity index (χ3n) is 6.81. The van der Waals surface area contributed by atoms with Crippen LogP contribution in [0.4, 0.5) is 5.69 Å². The molecule has 178 valence electrons. The van der Waals surface area contributed by atoms with E-state index in [1.165, 1.54) is 11.3 Å². The van der Waals surface area contributed by atoms with Gasteiger partial charge in [-0.05, 0) is 49.6 Å². The van der Waals surface area contributed by atoms with Crippen LogP contribution in [0.2, 0.25) is 0 Å². The quantitative estimate of drug-likeness (QED) is 0.494. The van der Waals surface area contributed by atoms with Crippen molar-refractivity contribution < 1.29 is 19.3 Å². The number of anilines is 1. The number of allylic oxidation sites excluding steroid dienone is 2. The van der Waals surface area contributed by atoms with Crippen LogP contribution in [0.3, 0.4) is 0 Å². The zero-order valence-corrected chi connectivity index (χ0v) is 20.1. The summed E-state index contributed by atoms with van der Waals surface area (Å²) in [5.41, 5.74) is 4.36. The average molecular weight is 454 g/mol. The molecule has 2 heterocycles. The van der Waals surface area contributed by atoms with Crippen molar-refractivity contribution in [3.05, 3.63) is 65.4 Å². The Morgan fingerprint density at radius 1 is 1.21 bits per heavy atom. The SMILES string of the molecule is CCC1(CCNC(O)C2C=C(OC)C=C(OC)C2)Nc2cc(OC)ccc2-n2cc(C)cc21. The fourth-order valence-corrected chi connectivity index (χ4v) is 4.90. The molecule has 0 fully saturated rings. The Labute approximate surface area is 196 Å². The molecule has 0 bridgehead atoms. The number of aryl methyl sites for hydroxylation is 1. The van der Waals surface area contributed by atoms with E-state index in [2.05, 4.69) is 53.4 Å². The molecule has 3 unspecified atom stereocenters. The molecule has 7 heteroatoms. The van der Waals surface area contributed by atoms with E-state index in [9.17, 15) is 5.11 Å². The van der Waals surface area contributed by atoms with Crippen LogP contribution in [0.25, 0.3) is 5.69 Å². The minimum atomic E-state index is -0.701. The number of ether oxygens (including phenoxy) is 3. The first-order valence-electron chi connectivity index (χ1n) is 11.5. The van der Waals surface area contributed by atoms with E-state index in [-0.39, 0.29) is 11.5 Å². The smallest absolute Gasteiger partial charge is 0.121 e. The molecule has 1 aromatic carbocycles. The van der Waals surface area contributed by atoms with Crippen molar-refractivity contribution in [2.24, 2.45) is 5.92 Å². The number of rotatable bonds is 9. The topological polar surface area (TPSA) is 76.9 Å². The fourth-order valence-electron chi connectivity index (χ4n) is 4.90. The molecule has 1 aliphatic heterocycles. The summed E-state index contributed by atoms with van der Waals surface area (Å²) in [6, 6.07) is 8.39. The summed E-state index contributed by atoms with van der Waals surface area (Å²) in [6.07, 6.45) is 7.64. The molecule has 3 N–H and O–H groups in total. The van der Waals surface area contributed by atoms with Crippen LogP contribution in [0.5, 0.6) is 5.75 Å². The normalized spacial score (nSPS) is 22.3. The Balaban J connectivity index is 1.52. The van der Waals surface area contributed by atoms with E-state index in [1.54, 1.807) is 21.3 Å². The minimum absolute atomic E-state index is 0.118. The molecule has 4 rings (SSSR count). The van der Waals surface area contributed by atoms with Crippen LogP contribution in [0.1, 0.15) is 37.4 Å². The lowest BCUT2D eigenvalue weighted by Gasteiger charge is -2.41. The monoisotopic (exact) mass is 453 g/mol. The standard InChI is InChI=1S/C26H35N3O4/c1-6-26(9-10-27-25(30)18-12-20(32-4)14-21(13-18)33-5)24-11-17(2)16-29(24)23-8-7-19(31-3)15-22(23)28-26/h7-8,11-12,14-16,18,25,27-28,30H,6,9-10,13H2,1-5H3. The first-order valence-corrected chi connectivity index (χ1v) is 11.5. The lowest BCUT2D eigenvalue weighted by molar-refractivity contribution is 0.0811. The molecule has 0 spiro atoms. The van der Waals surface area contributed by atoms with Crippen LogP contribution >= 0.6 is 0 Å². The summed E-state index contributed by atoms with van der Waals surface area (Å²) in [7, 11) is 4.96. The minimum Gasteiger partial charge on any atom is -0.501 e. The van der Waals surface area contributed by atoms with E-state index < -0.39 is 6.23 Å². The number of aromatic nitrogens is 1. The van der Waals surface area contributed by atoms with Gasteiger partial charge < -0.3 is 29.2 Å². The summed E-state index contributed by atoms with van der Waals surface area (Å²) in [4.78, 5) is 0. The number of methoxy groups -OCH3 is 3. The third kappa shape index (κ3) is 4.48. The highest BCUT2D eigenvalue weighted by Crippen LogP contribution is 2.43. The largest absolute Gasteiger partial charge is 0.501 e. The Bertz CT molecular complexity index is 1060. The third-order valence-corrected chi connectivity index (χ3v) is 6.81. The van der Waals surface area contributed by atoms with Crippen molar-refractivity contribution in [2.75, 3.05) is 33.2 Å². The maximum absolute atomic E-state index is 10.9. The van der Waals surface area contributed by atoms with Gasteiger partial charge in [0.25, 0.3) is 0 Å². The van der Waals surface area contributed by atoms with Crippen LogP contribution in [-0.4, -0.2) is 43.8 Å². The molecule has 3 atom stereocenters. The molecule has 1 aromatic heterocycles. The second-order valence-corrected chi connectivity index (χ2v) is 8.82. The molecule has 2 aromatic rings. The number of nitrogens with one attached hydrogen (secondary N) is 2. The summed E-state index contributed by atoms with van der Waals surface area (Å²) in [6.45, 7) is 4.97. The van der Waals surface area contributed by atoms with E-state index in [0.29, 0.717) is 18.7 Å². The van der Waals surface area contributed by atoms with Gasteiger partial charge in [0.1, 0.15) is 17.7 Å². The van der Waals surface area contributed by atoms with Crippen molar-refractivity contribution in [3.8, 4) is 11.4 Å². The lowest BCUT2D eigenvalue weighted by Crippen LogP contribution is -2.44. The molecule has 0 radical (unpaired) electrons. The Kier molecular flexibility index (Phi) is 6.72. The number of aliphatic hydroxyl groups is 1. The molecule has 0 amide bonds. The molecule has 0 saturated carbocycles. The molecule has 7 nitrogen and oxygen atoms in total. The van der Waals surface area contributed by atoms with Gasteiger partial charge in [-0.3, -0.25) is 5.32 Å². The van der Waals surface area contributed by atoms with Gasteiger partial charge in [-0.1, -0.05) is 6.92 Å². The van der Waals surface area contributed by atoms with Gasteiger partial charge in [0.15, 0.2) is 0 Å². The van der Waals surface area contributed by atoms with Crippen molar-refractivity contribution in [1.29, 1.82) is 0 Å². The molecule has 2 aliphatic rings. The van der Waals surface area contributed by atoms with E-state index >= 15 is 0 Å². The van der Waals surface area contributed by atoms with Crippen LogP contribution in [0.15, 0.2) is 54.1 Å². The predicted molar refractivity (Wildman–Crippen MR) is 130 cm³/mol. The first-order chi connectivity index (χ1) is 15.9. The van der Waals surface area contributed by atoms with E-state index in [4.69, 9.17) is 14.2 Å². The second kappa shape index (κ2) is 9.53. The van der Waals surface area contributed by atoms with Crippen LogP contribution < -0.4 is 15.4 Å². The average Bonchev–Trinajstić information content (AvgIpc) is 3.25. The Morgan fingerprint density at radius 3 is 2.73 bits per heavy atom. The Hall–Kier alpha value is -2.90. The zero-order valence-electron chi connectivity index (χ0n) is 20.1. The van der Waals surface area contributed by atoms with Gasteiger partial charge in [-0.15, -0.1) is 0 Å². The number of nitrogens with zero attached hydrogens (tertiary/aromatic N) is 1. The zero-order chi connectivity index (χ0) is 23.6. The molecule has 0 saturated heterocycles. The molecule has 1 aliphatic carbocycles. The summed E-state index contributed by atoms with van der Waals surface area (Å²) < 4.78 is 18.5. The maximum Gasteiger partial charge on any atom is 0.121 e. The van der Waals surface area contributed by atoms with Crippen molar-refractivity contribution in [3.63, 3.8) is 0 Å². The van der Waals surface area contributed by atoms with Gasteiger partial charge >= 0.3 is 0 Å². The van der Waals surface area contributed by atoms with Crippen molar-refractivity contribution in [2.45, 2.75) is 44.9 Å². The second-order valence-electron chi connectivity index (χ2n) is 8.82. The first kappa shape index (κ1) is 23.3. The van der Waals surface area contributed by atoms with Gasteiger partial charge in [-0.2, -0.15) is 0 Å². The number of hydrogen-bond acceptors (Lipinski definition) is 6. The summed E-state index contributed by atoms with van der Waals surface area (Å²) >= 11 is 0. The molecular formula is C26H35N3O4. The number of aliphatic hydroxyl groups excluding tert-OH is 1. The van der Waals surface area contributed by atoms with Gasteiger partial charge in [0.2, 0.25) is 0 Å². The number of hydrogen-bond donors (Lipinski definition) is 3. The summed E-state index contributed by atoms with van der Waals surface area (Å²) in [5, 5.41) is 18.0. The highest BCUT2D eigenvalue weighted by molar-refractivity contribution is 5.69. The number of benzene rings is 1. The summed E-state index contributed by atoms with van der Waals surface area (Å²) in [5.74, 6) is 2.22. The predicted octanol–water partition coefficient (Wildman–Crippen LogP) is 4.20. The molecular weight excluding hydrogens is 418 g/mol. The molecule has 33 heavy (non-hydrogen) atoms. The van der Waals surface area contributed by atoms with Crippen LogP contribution in [-0.2, 0) is 15.0 Å². The fraction of sp³-hybridized carbons (Fsp3) is 0.462. The Morgan fingerprint density at radius 2 is 2.03 bits per heavy atom. The maximum atomic E-state index is 10.9. The number of fused-ring (bicyclic) bond motifs is 3. The van der Waals surface area contributed by atoms with Gasteiger partial charge in [-0.25, -0.2) is 0 Å². The van der Waals surface area contributed by atoms with Crippen molar-refractivity contribution >= 4 is 5.69 Å².